The second-order valence-electron chi connectivity index (χ2n) is 6.07. The van der Waals surface area contributed by atoms with E-state index in [4.69, 9.17) is 11.6 Å². The zero-order valence-corrected chi connectivity index (χ0v) is 12.8. The van der Waals surface area contributed by atoms with Gasteiger partial charge >= 0.3 is 0 Å². The maximum absolute atomic E-state index is 5.98. The Balaban J connectivity index is 1.63. The van der Waals surface area contributed by atoms with E-state index in [1.54, 1.807) is 0 Å². The van der Waals surface area contributed by atoms with Crippen LogP contribution in [0.5, 0.6) is 0 Å². The Morgan fingerprint density at radius 1 is 1.24 bits per heavy atom. The van der Waals surface area contributed by atoms with Crippen LogP contribution in [0.2, 0.25) is 5.02 Å². The molecule has 1 aromatic heterocycles. The van der Waals surface area contributed by atoms with Crippen LogP contribution < -0.4 is 0 Å². The van der Waals surface area contributed by atoms with Crippen molar-refractivity contribution in [1.29, 1.82) is 0 Å². The number of halogens is 1. The summed E-state index contributed by atoms with van der Waals surface area (Å²) in [5.41, 5.74) is 3.93. The molecule has 2 aliphatic rings. The molecule has 0 radical (unpaired) electrons. The molecule has 0 N–H and O–H groups in total. The van der Waals surface area contributed by atoms with Gasteiger partial charge in [0.05, 0.1) is 5.69 Å². The molecule has 0 aliphatic carbocycles. The first-order valence-corrected chi connectivity index (χ1v) is 7.91. The molecule has 1 aromatic carbocycles. The van der Waals surface area contributed by atoms with Crippen LogP contribution in [-0.2, 0) is 13.0 Å². The van der Waals surface area contributed by atoms with Crippen molar-refractivity contribution < 1.29 is 0 Å². The van der Waals surface area contributed by atoms with Crippen molar-refractivity contribution in [1.82, 2.24) is 14.9 Å². The number of rotatable bonds is 2. The monoisotopic (exact) mass is 299 g/mol. The van der Waals surface area contributed by atoms with E-state index < -0.39 is 0 Å². The standard InChI is InChI=1S/C17H18ClN3/c1-11-19-9-15-16(20-11)8-14-6-7-17(15)21(14)10-12-2-4-13(18)5-3-12/h2-5,9,14,17H,6-8,10H2,1H3. The molecule has 2 unspecified atom stereocenters. The summed E-state index contributed by atoms with van der Waals surface area (Å²) in [5, 5.41) is 0.801. The molecular weight excluding hydrogens is 282 g/mol. The van der Waals surface area contributed by atoms with E-state index in [-0.39, 0.29) is 0 Å². The minimum atomic E-state index is 0.482. The highest BCUT2D eigenvalue weighted by Gasteiger charge is 2.40. The summed E-state index contributed by atoms with van der Waals surface area (Å²) in [7, 11) is 0. The fourth-order valence-electron chi connectivity index (χ4n) is 3.72. The molecular formula is C17H18ClN3. The van der Waals surface area contributed by atoms with E-state index in [1.807, 2.05) is 25.3 Å². The van der Waals surface area contributed by atoms with Crippen molar-refractivity contribution >= 4 is 11.6 Å². The van der Waals surface area contributed by atoms with E-state index in [0.29, 0.717) is 12.1 Å². The number of fused-ring (bicyclic) bond motifs is 4. The molecule has 4 heteroatoms. The average Bonchev–Trinajstić information content (AvgIpc) is 2.75. The van der Waals surface area contributed by atoms with Crippen molar-refractivity contribution in [3.05, 3.63) is 58.1 Å². The Morgan fingerprint density at radius 2 is 2.05 bits per heavy atom. The number of hydrogen-bond acceptors (Lipinski definition) is 3. The van der Waals surface area contributed by atoms with E-state index in [2.05, 4.69) is 27.0 Å². The SMILES string of the molecule is Cc1ncc2c(n1)CC1CCC2N1Cc1ccc(Cl)cc1. The molecule has 1 saturated heterocycles. The Morgan fingerprint density at radius 3 is 2.86 bits per heavy atom. The van der Waals surface area contributed by atoms with E-state index in [0.717, 1.165) is 23.8 Å². The van der Waals surface area contributed by atoms with Crippen LogP contribution in [0.25, 0.3) is 0 Å². The Hall–Kier alpha value is -1.45. The van der Waals surface area contributed by atoms with Gasteiger partial charge in [-0.05, 0) is 37.5 Å². The average molecular weight is 300 g/mol. The van der Waals surface area contributed by atoms with Gasteiger partial charge in [0.2, 0.25) is 0 Å². The molecule has 2 aliphatic heterocycles. The Labute approximate surface area is 130 Å². The molecule has 2 bridgehead atoms. The first kappa shape index (κ1) is 13.2. The second-order valence-corrected chi connectivity index (χ2v) is 6.51. The highest BCUT2D eigenvalue weighted by atomic mass is 35.5. The van der Waals surface area contributed by atoms with Crippen molar-refractivity contribution in [3.8, 4) is 0 Å². The molecule has 1 fully saturated rings. The van der Waals surface area contributed by atoms with Crippen LogP contribution in [0.4, 0.5) is 0 Å². The lowest BCUT2D eigenvalue weighted by Crippen LogP contribution is -2.37. The normalized spacial score (nSPS) is 24.1. The molecule has 0 spiro atoms. The first-order valence-electron chi connectivity index (χ1n) is 7.53. The van der Waals surface area contributed by atoms with Crippen LogP contribution in [0.1, 0.15) is 41.5 Å². The maximum Gasteiger partial charge on any atom is 0.125 e. The molecule has 2 atom stereocenters. The third-order valence-electron chi connectivity index (χ3n) is 4.73. The number of benzene rings is 1. The number of nitrogens with zero attached hydrogens (tertiary/aromatic N) is 3. The smallest absolute Gasteiger partial charge is 0.125 e. The predicted octanol–water partition coefficient (Wildman–Crippen LogP) is 3.70. The maximum atomic E-state index is 5.98. The molecule has 3 heterocycles. The van der Waals surface area contributed by atoms with Crippen LogP contribution in [0.15, 0.2) is 30.5 Å². The lowest BCUT2D eigenvalue weighted by atomic mass is 9.98. The van der Waals surface area contributed by atoms with Gasteiger partial charge in [-0.25, -0.2) is 9.97 Å². The van der Waals surface area contributed by atoms with Crippen molar-refractivity contribution in [3.63, 3.8) is 0 Å². The van der Waals surface area contributed by atoms with Gasteiger partial charge in [0.25, 0.3) is 0 Å². The van der Waals surface area contributed by atoms with E-state index in [1.165, 1.54) is 29.7 Å². The van der Waals surface area contributed by atoms with Gasteiger partial charge in [-0.15, -0.1) is 0 Å². The van der Waals surface area contributed by atoms with Gasteiger partial charge in [0, 0.05) is 41.8 Å². The summed E-state index contributed by atoms with van der Waals surface area (Å²) >= 11 is 5.98. The zero-order chi connectivity index (χ0) is 14.4. The Bertz CT molecular complexity index is 668. The number of aromatic nitrogens is 2. The summed E-state index contributed by atoms with van der Waals surface area (Å²) in [6.45, 7) is 2.96. The minimum Gasteiger partial charge on any atom is -0.289 e. The summed E-state index contributed by atoms with van der Waals surface area (Å²) < 4.78 is 0. The zero-order valence-electron chi connectivity index (χ0n) is 12.1. The van der Waals surface area contributed by atoms with Crippen LogP contribution >= 0.6 is 11.6 Å². The fraction of sp³-hybridized carbons (Fsp3) is 0.412. The van der Waals surface area contributed by atoms with Crippen molar-refractivity contribution in [2.24, 2.45) is 0 Å². The minimum absolute atomic E-state index is 0.482. The third kappa shape index (κ3) is 2.34. The molecule has 0 saturated carbocycles. The third-order valence-corrected chi connectivity index (χ3v) is 4.98. The second kappa shape index (κ2) is 5.08. The molecule has 108 valence electrons. The quantitative estimate of drug-likeness (QED) is 0.846. The van der Waals surface area contributed by atoms with Crippen LogP contribution in [-0.4, -0.2) is 20.9 Å². The Kier molecular flexibility index (Phi) is 3.20. The fourth-order valence-corrected chi connectivity index (χ4v) is 3.85. The molecule has 0 amide bonds. The molecule has 2 aromatic rings. The van der Waals surface area contributed by atoms with Crippen LogP contribution in [0.3, 0.4) is 0 Å². The lowest BCUT2D eigenvalue weighted by molar-refractivity contribution is 0.166. The predicted molar refractivity (Wildman–Crippen MR) is 83.2 cm³/mol. The summed E-state index contributed by atoms with van der Waals surface area (Å²) in [4.78, 5) is 11.7. The summed E-state index contributed by atoms with van der Waals surface area (Å²) in [5.74, 6) is 0.888. The summed E-state index contributed by atoms with van der Waals surface area (Å²) in [6, 6.07) is 9.31. The molecule has 3 nitrogen and oxygen atoms in total. The molecule has 21 heavy (non-hydrogen) atoms. The topological polar surface area (TPSA) is 29.0 Å². The first-order chi connectivity index (χ1) is 10.2. The van der Waals surface area contributed by atoms with Gasteiger partial charge < -0.3 is 0 Å². The van der Waals surface area contributed by atoms with Crippen LogP contribution in [0, 0.1) is 6.92 Å². The van der Waals surface area contributed by atoms with Crippen molar-refractivity contribution in [2.75, 3.05) is 0 Å². The largest absolute Gasteiger partial charge is 0.289 e. The van der Waals surface area contributed by atoms with Gasteiger partial charge in [-0.3, -0.25) is 4.90 Å². The van der Waals surface area contributed by atoms with Crippen molar-refractivity contribution in [2.45, 2.75) is 44.8 Å². The molecule has 4 rings (SSSR count). The summed E-state index contributed by atoms with van der Waals surface area (Å²) in [6.07, 6.45) is 5.58. The lowest BCUT2D eigenvalue weighted by Gasteiger charge is -2.35. The highest BCUT2D eigenvalue weighted by Crippen LogP contribution is 2.43. The number of aryl methyl sites for hydroxylation is 1. The van der Waals surface area contributed by atoms with Gasteiger partial charge in [0.15, 0.2) is 0 Å². The highest BCUT2D eigenvalue weighted by molar-refractivity contribution is 6.30. The van der Waals surface area contributed by atoms with Gasteiger partial charge in [0.1, 0.15) is 5.82 Å². The van der Waals surface area contributed by atoms with E-state index >= 15 is 0 Å². The van der Waals surface area contributed by atoms with Gasteiger partial charge in [-0.1, -0.05) is 23.7 Å². The van der Waals surface area contributed by atoms with E-state index in [9.17, 15) is 0 Å². The number of hydrogen-bond donors (Lipinski definition) is 0. The van der Waals surface area contributed by atoms with Gasteiger partial charge in [-0.2, -0.15) is 0 Å².